The summed E-state index contributed by atoms with van der Waals surface area (Å²) in [5.74, 6) is 0.507. The molecule has 1 aliphatic carbocycles. The van der Waals surface area contributed by atoms with Gasteiger partial charge < -0.3 is 5.73 Å². The van der Waals surface area contributed by atoms with E-state index in [0.717, 1.165) is 18.5 Å². The van der Waals surface area contributed by atoms with E-state index in [2.05, 4.69) is 25.6 Å². The molecule has 0 aliphatic heterocycles. The molecule has 1 fully saturated rings. The van der Waals surface area contributed by atoms with E-state index in [9.17, 15) is 8.42 Å². The van der Waals surface area contributed by atoms with E-state index in [1.807, 2.05) is 5.38 Å². The Hall–Kier alpha value is -1.12. The van der Waals surface area contributed by atoms with Crippen molar-refractivity contribution < 1.29 is 8.42 Å². The van der Waals surface area contributed by atoms with Gasteiger partial charge in [0.15, 0.2) is 5.13 Å². The van der Waals surface area contributed by atoms with Gasteiger partial charge in [0.2, 0.25) is 0 Å². The first-order valence-electron chi connectivity index (χ1n) is 5.99. The molecular formula is C12H12BrN3O2S2. The lowest BCUT2D eigenvalue weighted by Crippen LogP contribution is -2.13. The van der Waals surface area contributed by atoms with Crippen LogP contribution in [0.15, 0.2) is 32.9 Å². The van der Waals surface area contributed by atoms with Crippen molar-refractivity contribution in [2.45, 2.75) is 23.7 Å². The highest BCUT2D eigenvalue weighted by molar-refractivity contribution is 9.10. The van der Waals surface area contributed by atoms with Crippen LogP contribution in [0, 0.1) is 0 Å². The monoisotopic (exact) mass is 373 g/mol. The van der Waals surface area contributed by atoms with E-state index in [-0.39, 0.29) is 4.90 Å². The Bertz CT molecular complexity index is 754. The lowest BCUT2D eigenvalue weighted by Gasteiger charge is -2.06. The highest BCUT2D eigenvalue weighted by Gasteiger charge is 2.27. The van der Waals surface area contributed by atoms with Crippen molar-refractivity contribution >= 4 is 48.1 Å². The Labute approximate surface area is 129 Å². The van der Waals surface area contributed by atoms with E-state index in [1.54, 1.807) is 6.07 Å². The molecule has 8 heteroatoms. The summed E-state index contributed by atoms with van der Waals surface area (Å²) in [6.07, 6.45) is 2.28. The first-order valence-corrected chi connectivity index (χ1v) is 9.14. The minimum atomic E-state index is -3.65. The van der Waals surface area contributed by atoms with E-state index in [0.29, 0.717) is 21.2 Å². The standard InChI is InChI=1S/C12H12BrN3O2S2/c13-9-4-3-8(5-10(9)14)20(17,18)16-12-15-11(6-19-12)7-1-2-7/h3-7H,1-2,14H2,(H,15,16). The predicted molar refractivity (Wildman–Crippen MR) is 83.5 cm³/mol. The van der Waals surface area contributed by atoms with Crippen molar-refractivity contribution in [3.8, 4) is 0 Å². The average molecular weight is 374 g/mol. The van der Waals surface area contributed by atoms with Gasteiger partial charge in [0.1, 0.15) is 0 Å². The maximum Gasteiger partial charge on any atom is 0.263 e. The van der Waals surface area contributed by atoms with Gasteiger partial charge in [0.25, 0.3) is 10.0 Å². The Kier molecular flexibility index (Phi) is 3.47. The number of hydrogen-bond donors (Lipinski definition) is 2. The fraction of sp³-hybridized carbons (Fsp3) is 0.250. The molecule has 0 amide bonds. The molecule has 1 aliphatic rings. The van der Waals surface area contributed by atoms with E-state index in [1.165, 1.54) is 23.5 Å². The highest BCUT2D eigenvalue weighted by atomic mass is 79.9. The Morgan fingerprint density at radius 2 is 2.15 bits per heavy atom. The van der Waals surface area contributed by atoms with E-state index < -0.39 is 10.0 Å². The van der Waals surface area contributed by atoms with Crippen molar-refractivity contribution in [1.29, 1.82) is 0 Å². The van der Waals surface area contributed by atoms with Crippen LogP contribution in [-0.2, 0) is 10.0 Å². The zero-order valence-electron chi connectivity index (χ0n) is 10.3. The fourth-order valence-electron chi connectivity index (χ4n) is 1.76. The van der Waals surface area contributed by atoms with Gasteiger partial charge in [-0.2, -0.15) is 0 Å². The van der Waals surface area contributed by atoms with Gasteiger partial charge in [-0.05, 0) is 47.0 Å². The number of aromatic nitrogens is 1. The Morgan fingerprint density at radius 3 is 2.80 bits per heavy atom. The highest BCUT2D eigenvalue weighted by Crippen LogP contribution is 2.41. The van der Waals surface area contributed by atoms with Crippen LogP contribution in [0.3, 0.4) is 0 Å². The summed E-state index contributed by atoms with van der Waals surface area (Å²) in [6.45, 7) is 0. The normalized spacial score (nSPS) is 15.2. The molecule has 0 saturated heterocycles. The zero-order valence-corrected chi connectivity index (χ0v) is 13.6. The van der Waals surface area contributed by atoms with Crippen LogP contribution in [0.1, 0.15) is 24.5 Å². The Balaban J connectivity index is 1.84. The number of nitrogen functional groups attached to an aromatic ring is 1. The lowest BCUT2D eigenvalue weighted by atomic mass is 10.3. The number of nitrogens with two attached hydrogens (primary N) is 1. The van der Waals surface area contributed by atoms with Crippen molar-refractivity contribution in [1.82, 2.24) is 4.98 Å². The number of benzene rings is 1. The van der Waals surface area contributed by atoms with Gasteiger partial charge in [0, 0.05) is 21.5 Å². The molecule has 0 radical (unpaired) electrons. The third-order valence-electron chi connectivity index (χ3n) is 3.02. The number of nitrogens with zero attached hydrogens (tertiary/aromatic N) is 1. The molecule has 2 aromatic rings. The molecular weight excluding hydrogens is 362 g/mol. The second kappa shape index (κ2) is 5.01. The van der Waals surface area contributed by atoms with Gasteiger partial charge in [-0.1, -0.05) is 0 Å². The van der Waals surface area contributed by atoms with Crippen LogP contribution in [-0.4, -0.2) is 13.4 Å². The van der Waals surface area contributed by atoms with Gasteiger partial charge >= 0.3 is 0 Å². The number of hydrogen-bond acceptors (Lipinski definition) is 5. The molecule has 1 heterocycles. The van der Waals surface area contributed by atoms with Crippen molar-refractivity contribution in [3.05, 3.63) is 33.7 Å². The van der Waals surface area contributed by atoms with Crippen molar-refractivity contribution in [2.75, 3.05) is 10.5 Å². The van der Waals surface area contributed by atoms with Crippen LogP contribution in [0.4, 0.5) is 10.8 Å². The molecule has 1 aromatic heterocycles. The number of halogens is 1. The van der Waals surface area contributed by atoms with Gasteiger partial charge in [0.05, 0.1) is 10.6 Å². The van der Waals surface area contributed by atoms with Gasteiger partial charge in [-0.25, -0.2) is 13.4 Å². The van der Waals surface area contributed by atoms with E-state index >= 15 is 0 Å². The zero-order chi connectivity index (χ0) is 14.3. The van der Waals surface area contributed by atoms with E-state index in [4.69, 9.17) is 5.73 Å². The van der Waals surface area contributed by atoms with Crippen LogP contribution in [0.2, 0.25) is 0 Å². The third-order valence-corrected chi connectivity index (χ3v) is 5.98. The Morgan fingerprint density at radius 1 is 1.40 bits per heavy atom. The minimum Gasteiger partial charge on any atom is -0.398 e. The first kappa shape index (κ1) is 13.8. The maximum atomic E-state index is 12.2. The fourth-order valence-corrected chi connectivity index (χ4v) is 4.09. The van der Waals surface area contributed by atoms with Crippen LogP contribution in [0.25, 0.3) is 0 Å². The topological polar surface area (TPSA) is 85.1 Å². The quantitative estimate of drug-likeness (QED) is 0.805. The maximum absolute atomic E-state index is 12.2. The first-order chi connectivity index (χ1) is 9.45. The summed E-state index contributed by atoms with van der Waals surface area (Å²) in [5, 5.41) is 2.30. The summed E-state index contributed by atoms with van der Waals surface area (Å²) in [6, 6.07) is 4.53. The number of anilines is 2. The molecule has 0 unspecified atom stereocenters. The van der Waals surface area contributed by atoms with Crippen LogP contribution in [0.5, 0.6) is 0 Å². The summed E-state index contributed by atoms with van der Waals surface area (Å²) in [4.78, 5) is 4.44. The second-order valence-electron chi connectivity index (χ2n) is 4.64. The summed E-state index contributed by atoms with van der Waals surface area (Å²) >= 11 is 4.54. The average Bonchev–Trinajstić information content (AvgIpc) is 3.14. The predicted octanol–water partition coefficient (Wildman–Crippen LogP) is 3.17. The molecule has 106 valence electrons. The number of sulfonamides is 1. The number of thiazole rings is 1. The molecule has 3 rings (SSSR count). The molecule has 20 heavy (non-hydrogen) atoms. The molecule has 1 aromatic carbocycles. The molecule has 0 spiro atoms. The third kappa shape index (κ3) is 2.82. The SMILES string of the molecule is Nc1cc(S(=O)(=O)Nc2nc(C3CC3)cs2)ccc1Br. The van der Waals surface area contributed by atoms with Crippen LogP contribution < -0.4 is 10.5 Å². The number of nitrogens with one attached hydrogen (secondary N) is 1. The molecule has 0 atom stereocenters. The lowest BCUT2D eigenvalue weighted by molar-refractivity contribution is 0.601. The van der Waals surface area contributed by atoms with Gasteiger partial charge in [-0.3, -0.25) is 4.72 Å². The molecule has 5 nitrogen and oxygen atoms in total. The number of rotatable bonds is 4. The minimum absolute atomic E-state index is 0.126. The summed E-state index contributed by atoms with van der Waals surface area (Å²) in [7, 11) is -3.65. The largest absolute Gasteiger partial charge is 0.398 e. The molecule has 3 N–H and O–H groups in total. The summed E-state index contributed by atoms with van der Waals surface area (Å²) in [5.41, 5.74) is 7.07. The smallest absolute Gasteiger partial charge is 0.263 e. The summed E-state index contributed by atoms with van der Waals surface area (Å²) < 4.78 is 27.7. The molecule has 0 bridgehead atoms. The van der Waals surface area contributed by atoms with Crippen LogP contribution >= 0.6 is 27.3 Å². The second-order valence-corrected chi connectivity index (χ2v) is 8.04. The molecule has 1 saturated carbocycles. The van der Waals surface area contributed by atoms with Gasteiger partial charge in [-0.15, -0.1) is 11.3 Å². The van der Waals surface area contributed by atoms with Crippen molar-refractivity contribution in [3.63, 3.8) is 0 Å². The van der Waals surface area contributed by atoms with Crippen molar-refractivity contribution in [2.24, 2.45) is 0 Å².